The number of carbonyl (C=O) groups is 2. The van der Waals surface area contributed by atoms with E-state index < -0.39 is 0 Å². The SMILES string of the molecule is Cc1ccc(C(=O)N/C(=C/c2ccc(-c3ccc(Br)cc3)o2)C(=O)NCCc2ccccc2)cc1. The summed E-state index contributed by atoms with van der Waals surface area (Å²) >= 11 is 3.43. The number of halogens is 1. The van der Waals surface area contributed by atoms with E-state index in [1.54, 1.807) is 24.3 Å². The molecule has 0 unspecified atom stereocenters. The number of nitrogens with one attached hydrogen (secondary N) is 2. The Balaban J connectivity index is 1.53. The number of hydrogen-bond acceptors (Lipinski definition) is 3. The van der Waals surface area contributed by atoms with Gasteiger partial charge in [-0.15, -0.1) is 0 Å². The largest absolute Gasteiger partial charge is 0.457 e. The third kappa shape index (κ3) is 6.80. The summed E-state index contributed by atoms with van der Waals surface area (Å²) in [4.78, 5) is 25.9. The second-order valence-electron chi connectivity index (χ2n) is 8.08. The minimum Gasteiger partial charge on any atom is -0.457 e. The second kappa shape index (κ2) is 11.5. The molecule has 0 spiro atoms. The van der Waals surface area contributed by atoms with E-state index in [1.807, 2.05) is 79.7 Å². The molecule has 0 fully saturated rings. The number of hydrogen-bond donors (Lipinski definition) is 2. The number of furan rings is 1. The normalized spacial score (nSPS) is 11.2. The quantitative estimate of drug-likeness (QED) is 0.269. The Kier molecular flexibility index (Phi) is 7.95. The maximum atomic E-state index is 13.0. The average molecular weight is 529 g/mol. The Morgan fingerprint density at radius 2 is 1.60 bits per heavy atom. The van der Waals surface area contributed by atoms with Gasteiger partial charge in [-0.2, -0.15) is 0 Å². The molecule has 2 amide bonds. The smallest absolute Gasteiger partial charge is 0.267 e. The molecule has 4 aromatic rings. The van der Waals surface area contributed by atoms with Crippen LogP contribution in [0, 0.1) is 6.92 Å². The van der Waals surface area contributed by atoms with Crippen LogP contribution < -0.4 is 10.6 Å². The topological polar surface area (TPSA) is 71.3 Å². The van der Waals surface area contributed by atoms with Gasteiger partial charge in [0.1, 0.15) is 17.2 Å². The van der Waals surface area contributed by atoms with E-state index in [-0.39, 0.29) is 17.5 Å². The molecule has 35 heavy (non-hydrogen) atoms. The summed E-state index contributed by atoms with van der Waals surface area (Å²) in [5.74, 6) is 0.370. The lowest BCUT2D eigenvalue weighted by Crippen LogP contribution is -2.35. The van der Waals surface area contributed by atoms with E-state index in [4.69, 9.17) is 4.42 Å². The summed E-state index contributed by atoms with van der Waals surface area (Å²) in [6, 6.07) is 28.4. The molecule has 1 aromatic heterocycles. The second-order valence-corrected chi connectivity index (χ2v) is 8.99. The van der Waals surface area contributed by atoms with Gasteiger partial charge < -0.3 is 15.1 Å². The molecule has 0 aliphatic carbocycles. The molecule has 2 N–H and O–H groups in total. The first kappa shape index (κ1) is 24.2. The van der Waals surface area contributed by atoms with Crippen LogP contribution in [0.1, 0.15) is 27.2 Å². The van der Waals surface area contributed by atoms with Crippen molar-refractivity contribution in [1.29, 1.82) is 0 Å². The van der Waals surface area contributed by atoms with Gasteiger partial charge in [0.05, 0.1) is 0 Å². The zero-order chi connectivity index (χ0) is 24.6. The van der Waals surface area contributed by atoms with Gasteiger partial charge in [0.15, 0.2) is 0 Å². The number of carbonyl (C=O) groups excluding carboxylic acids is 2. The van der Waals surface area contributed by atoms with Gasteiger partial charge in [-0.1, -0.05) is 76.1 Å². The molecule has 0 radical (unpaired) electrons. The van der Waals surface area contributed by atoms with Crippen LogP contribution in [-0.2, 0) is 11.2 Å². The molecule has 0 aliphatic rings. The first-order valence-corrected chi connectivity index (χ1v) is 12.0. The minimum atomic E-state index is -0.386. The highest BCUT2D eigenvalue weighted by molar-refractivity contribution is 9.10. The van der Waals surface area contributed by atoms with Gasteiger partial charge in [-0.05, 0) is 55.3 Å². The third-order valence-corrected chi connectivity index (χ3v) is 5.92. The fraction of sp³-hybridized carbons (Fsp3) is 0.103. The molecule has 1 heterocycles. The molecular weight excluding hydrogens is 504 g/mol. The molecule has 0 saturated heterocycles. The summed E-state index contributed by atoms with van der Waals surface area (Å²) in [7, 11) is 0. The molecule has 4 rings (SSSR count). The Labute approximate surface area is 213 Å². The molecular formula is C29H25BrN2O3. The van der Waals surface area contributed by atoms with Crippen molar-refractivity contribution in [3.05, 3.63) is 124 Å². The average Bonchev–Trinajstić information content (AvgIpc) is 3.33. The van der Waals surface area contributed by atoms with Crippen LogP contribution in [0.4, 0.5) is 0 Å². The van der Waals surface area contributed by atoms with Gasteiger partial charge in [-0.3, -0.25) is 9.59 Å². The fourth-order valence-corrected chi connectivity index (χ4v) is 3.72. The van der Waals surface area contributed by atoms with Crippen LogP contribution in [0.5, 0.6) is 0 Å². The maximum Gasteiger partial charge on any atom is 0.267 e. The van der Waals surface area contributed by atoms with Crippen molar-refractivity contribution in [3.63, 3.8) is 0 Å². The minimum absolute atomic E-state index is 0.111. The first-order valence-electron chi connectivity index (χ1n) is 11.3. The van der Waals surface area contributed by atoms with Crippen molar-refractivity contribution in [2.75, 3.05) is 6.54 Å². The fourth-order valence-electron chi connectivity index (χ4n) is 3.46. The zero-order valence-corrected chi connectivity index (χ0v) is 20.8. The molecule has 176 valence electrons. The van der Waals surface area contributed by atoms with E-state index in [0.717, 1.165) is 21.2 Å². The standard InChI is InChI=1S/C29H25BrN2O3/c1-20-7-9-23(10-8-20)28(33)32-26(29(34)31-18-17-21-5-3-2-4-6-21)19-25-15-16-27(35-25)22-11-13-24(30)14-12-22/h2-16,19H,17-18H2,1H3,(H,31,34)(H,32,33)/b26-19+. The van der Waals surface area contributed by atoms with Gasteiger partial charge in [-0.25, -0.2) is 0 Å². The van der Waals surface area contributed by atoms with E-state index in [0.29, 0.717) is 30.0 Å². The summed E-state index contributed by atoms with van der Waals surface area (Å²) in [6.07, 6.45) is 2.23. The predicted molar refractivity (Wildman–Crippen MR) is 142 cm³/mol. The van der Waals surface area contributed by atoms with Crippen molar-refractivity contribution in [2.45, 2.75) is 13.3 Å². The van der Waals surface area contributed by atoms with Crippen LogP contribution in [0.2, 0.25) is 0 Å². The Morgan fingerprint density at radius 1 is 0.886 bits per heavy atom. The van der Waals surface area contributed by atoms with Crippen LogP contribution in [0.3, 0.4) is 0 Å². The lowest BCUT2D eigenvalue weighted by molar-refractivity contribution is -0.117. The Morgan fingerprint density at radius 3 is 2.31 bits per heavy atom. The van der Waals surface area contributed by atoms with Gasteiger partial charge in [0.25, 0.3) is 11.8 Å². The van der Waals surface area contributed by atoms with Crippen molar-refractivity contribution in [1.82, 2.24) is 10.6 Å². The molecule has 0 saturated carbocycles. The number of rotatable bonds is 8. The summed E-state index contributed by atoms with van der Waals surface area (Å²) in [5, 5.41) is 5.64. The highest BCUT2D eigenvalue weighted by atomic mass is 79.9. The maximum absolute atomic E-state index is 13.0. The monoisotopic (exact) mass is 528 g/mol. The molecule has 6 heteroatoms. The molecule has 5 nitrogen and oxygen atoms in total. The third-order valence-electron chi connectivity index (χ3n) is 5.39. The molecule has 0 atom stereocenters. The van der Waals surface area contributed by atoms with Crippen molar-refractivity contribution in [2.24, 2.45) is 0 Å². The number of benzene rings is 3. The van der Waals surface area contributed by atoms with E-state index in [9.17, 15) is 9.59 Å². The van der Waals surface area contributed by atoms with E-state index in [1.165, 1.54) is 0 Å². The van der Waals surface area contributed by atoms with Crippen LogP contribution in [0.25, 0.3) is 17.4 Å². The van der Waals surface area contributed by atoms with Gasteiger partial charge in [0, 0.05) is 28.2 Å². The molecule has 0 aliphatic heterocycles. The highest BCUT2D eigenvalue weighted by Crippen LogP contribution is 2.25. The predicted octanol–water partition coefficient (Wildman–Crippen LogP) is 6.15. The number of aryl methyl sites for hydroxylation is 1. The van der Waals surface area contributed by atoms with Crippen molar-refractivity contribution < 1.29 is 14.0 Å². The van der Waals surface area contributed by atoms with Gasteiger partial charge in [0.2, 0.25) is 0 Å². The van der Waals surface area contributed by atoms with Crippen LogP contribution in [0.15, 0.2) is 106 Å². The first-order chi connectivity index (χ1) is 17.0. The van der Waals surface area contributed by atoms with E-state index >= 15 is 0 Å². The van der Waals surface area contributed by atoms with Crippen molar-refractivity contribution >= 4 is 33.8 Å². The lowest BCUT2D eigenvalue weighted by Gasteiger charge is -2.11. The molecule has 3 aromatic carbocycles. The Hall–Kier alpha value is -3.90. The van der Waals surface area contributed by atoms with Crippen LogP contribution >= 0.6 is 15.9 Å². The highest BCUT2D eigenvalue weighted by Gasteiger charge is 2.16. The van der Waals surface area contributed by atoms with Gasteiger partial charge >= 0.3 is 0 Å². The lowest BCUT2D eigenvalue weighted by atomic mass is 10.1. The van der Waals surface area contributed by atoms with Crippen molar-refractivity contribution in [3.8, 4) is 11.3 Å². The number of amides is 2. The van der Waals surface area contributed by atoms with E-state index in [2.05, 4.69) is 26.6 Å². The Bertz CT molecular complexity index is 1320. The zero-order valence-electron chi connectivity index (χ0n) is 19.3. The summed E-state index contributed by atoms with van der Waals surface area (Å²) in [6.45, 7) is 2.38. The summed E-state index contributed by atoms with van der Waals surface area (Å²) in [5.41, 5.74) is 3.65. The van der Waals surface area contributed by atoms with Crippen LogP contribution in [-0.4, -0.2) is 18.4 Å². The summed E-state index contributed by atoms with van der Waals surface area (Å²) < 4.78 is 6.92. The molecule has 0 bridgehead atoms.